The van der Waals surface area contributed by atoms with Gasteiger partial charge in [-0.1, -0.05) is 13.8 Å². The van der Waals surface area contributed by atoms with E-state index in [4.69, 9.17) is 9.05 Å². The minimum Gasteiger partial charge on any atom is -0.302 e. The minimum atomic E-state index is -3.84. The van der Waals surface area contributed by atoms with E-state index in [-0.39, 0.29) is 12.2 Å². The first-order valence-electron chi connectivity index (χ1n) is 4.60. The van der Waals surface area contributed by atoms with Crippen LogP contribution in [0.25, 0.3) is 0 Å². The third kappa shape index (κ3) is 6.22. The minimum absolute atomic E-state index is 0.250. The van der Waals surface area contributed by atoms with Crippen LogP contribution in [0.5, 0.6) is 0 Å². The summed E-state index contributed by atoms with van der Waals surface area (Å²) in [4.78, 5) is 9.23. The predicted octanol–water partition coefficient (Wildman–Crippen LogP) is 2.72. The van der Waals surface area contributed by atoms with Crippen LogP contribution >= 0.6 is 7.82 Å². The monoisotopic (exact) mass is 210 g/mol. The van der Waals surface area contributed by atoms with Crippen LogP contribution in [0.15, 0.2) is 0 Å². The molecule has 5 heteroatoms. The quantitative estimate of drug-likeness (QED) is 0.685. The summed E-state index contributed by atoms with van der Waals surface area (Å²) in [6.07, 6.45) is 0.878. The van der Waals surface area contributed by atoms with Gasteiger partial charge in [-0.2, -0.15) is 0 Å². The van der Waals surface area contributed by atoms with E-state index in [0.717, 1.165) is 0 Å². The van der Waals surface area contributed by atoms with Crippen molar-refractivity contribution in [3.05, 3.63) is 0 Å². The zero-order valence-corrected chi connectivity index (χ0v) is 9.58. The molecular formula is C8H19O4P. The SMILES string of the molecule is CCC(C)OP(=O)(O)OC(C)CC. The Hall–Kier alpha value is 0.110. The Labute approximate surface area is 79.9 Å². The standard InChI is InChI=1S/C8H19O4P/c1-5-7(3)11-13(9,10)12-8(4)6-2/h7-8H,5-6H2,1-4H3,(H,9,10). The fraction of sp³-hybridized carbons (Fsp3) is 1.00. The van der Waals surface area contributed by atoms with E-state index in [9.17, 15) is 9.46 Å². The Bertz CT molecular complexity index is 167. The molecule has 0 rings (SSSR count). The van der Waals surface area contributed by atoms with Crippen LogP contribution in [0.3, 0.4) is 0 Å². The molecule has 1 N–H and O–H groups in total. The van der Waals surface area contributed by atoms with Crippen molar-refractivity contribution in [3.8, 4) is 0 Å². The maximum atomic E-state index is 11.3. The zero-order valence-electron chi connectivity index (χ0n) is 8.69. The molecule has 0 radical (unpaired) electrons. The third-order valence-corrected chi connectivity index (χ3v) is 3.03. The predicted molar refractivity (Wildman–Crippen MR) is 51.5 cm³/mol. The molecule has 0 bridgehead atoms. The van der Waals surface area contributed by atoms with Crippen molar-refractivity contribution in [3.63, 3.8) is 0 Å². The summed E-state index contributed by atoms with van der Waals surface area (Å²) < 4.78 is 21.0. The van der Waals surface area contributed by atoms with Crippen LogP contribution in [0.2, 0.25) is 0 Å². The zero-order chi connectivity index (χ0) is 10.5. The average molecular weight is 210 g/mol. The molecule has 2 unspecified atom stereocenters. The van der Waals surface area contributed by atoms with Gasteiger partial charge in [-0.25, -0.2) is 4.57 Å². The highest BCUT2D eigenvalue weighted by Gasteiger charge is 2.25. The van der Waals surface area contributed by atoms with Crippen LogP contribution in [0.4, 0.5) is 0 Å². The van der Waals surface area contributed by atoms with Crippen molar-refractivity contribution < 1.29 is 18.5 Å². The second kappa shape index (κ2) is 5.76. The van der Waals surface area contributed by atoms with Crippen molar-refractivity contribution in [1.29, 1.82) is 0 Å². The van der Waals surface area contributed by atoms with Crippen molar-refractivity contribution in [2.75, 3.05) is 0 Å². The number of hydrogen-bond acceptors (Lipinski definition) is 3. The highest BCUT2D eigenvalue weighted by molar-refractivity contribution is 7.47. The van der Waals surface area contributed by atoms with Gasteiger partial charge in [-0.3, -0.25) is 9.05 Å². The molecule has 2 atom stereocenters. The Morgan fingerprint density at radius 1 is 1.15 bits per heavy atom. The van der Waals surface area contributed by atoms with E-state index in [1.807, 2.05) is 13.8 Å². The Morgan fingerprint density at radius 3 is 1.69 bits per heavy atom. The van der Waals surface area contributed by atoms with Gasteiger partial charge in [-0.05, 0) is 26.7 Å². The summed E-state index contributed by atoms with van der Waals surface area (Å²) in [6.45, 7) is 7.24. The largest absolute Gasteiger partial charge is 0.472 e. The lowest BCUT2D eigenvalue weighted by molar-refractivity contribution is 0.0834. The Balaban J connectivity index is 4.00. The van der Waals surface area contributed by atoms with Gasteiger partial charge >= 0.3 is 7.82 Å². The molecule has 0 spiro atoms. The molecule has 0 aromatic heterocycles. The van der Waals surface area contributed by atoms with Gasteiger partial charge < -0.3 is 4.89 Å². The first kappa shape index (κ1) is 13.1. The molecule has 0 aromatic carbocycles. The molecule has 4 nitrogen and oxygen atoms in total. The number of rotatable bonds is 6. The lowest BCUT2D eigenvalue weighted by Gasteiger charge is -2.19. The summed E-state index contributed by atoms with van der Waals surface area (Å²) in [5.74, 6) is 0. The van der Waals surface area contributed by atoms with E-state index >= 15 is 0 Å². The van der Waals surface area contributed by atoms with E-state index in [0.29, 0.717) is 12.8 Å². The van der Waals surface area contributed by atoms with Crippen LogP contribution in [0.1, 0.15) is 40.5 Å². The molecule has 0 amide bonds. The number of hydrogen-bond donors (Lipinski definition) is 1. The highest BCUT2D eigenvalue weighted by atomic mass is 31.2. The van der Waals surface area contributed by atoms with E-state index in [1.54, 1.807) is 13.8 Å². The van der Waals surface area contributed by atoms with Crippen molar-refractivity contribution in [2.24, 2.45) is 0 Å². The normalized spacial score (nSPS) is 20.7. The van der Waals surface area contributed by atoms with Crippen LogP contribution < -0.4 is 0 Å². The van der Waals surface area contributed by atoms with E-state index < -0.39 is 7.82 Å². The molecule has 0 aliphatic rings. The van der Waals surface area contributed by atoms with E-state index in [1.165, 1.54) is 0 Å². The first-order chi connectivity index (χ1) is 5.91. The van der Waals surface area contributed by atoms with Crippen molar-refractivity contribution >= 4 is 7.82 Å². The molecule has 0 heterocycles. The molecule has 0 aromatic rings. The van der Waals surface area contributed by atoms with Gasteiger partial charge in [0.2, 0.25) is 0 Å². The number of phosphoric ester groups is 1. The molecule has 13 heavy (non-hydrogen) atoms. The molecule has 0 saturated heterocycles. The van der Waals surface area contributed by atoms with Gasteiger partial charge in [0.1, 0.15) is 0 Å². The third-order valence-electron chi connectivity index (χ3n) is 1.78. The van der Waals surface area contributed by atoms with Gasteiger partial charge in [0.25, 0.3) is 0 Å². The fourth-order valence-electron chi connectivity index (χ4n) is 0.629. The molecule has 0 fully saturated rings. The van der Waals surface area contributed by atoms with Gasteiger partial charge in [0, 0.05) is 0 Å². The Kier molecular flexibility index (Phi) is 5.81. The maximum Gasteiger partial charge on any atom is 0.472 e. The lowest BCUT2D eigenvalue weighted by Crippen LogP contribution is -2.10. The number of phosphoric acid groups is 1. The van der Waals surface area contributed by atoms with Gasteiger partial charge in [0.15, 0.2) is 0 Å². The summed E-state index contributed by atoms with van der Waals surface area (Å²) in [5, 5.41) is 0. The van der Waals surface area contributed by atoms with E-state index in [2.05, 4.69) is 0 Å². The summed E-state index contributed by atoms with van der Waals surface area (Å²) in [5.41, 5.74) is 0. The summed E-state index contributed by atoms with van der Waals surface area (Å²) in [7, 11) is -3.84. The van der Waals surface area contributed by atoms with Crippen LogP contribution in [-0.2, 0) is 13.6 Å². The Morgan fingerprint density at radius 2 is 1.46 bits per heavy atom. The summed E-state index contributed by atoms with van der Waals surface area (Å²) in [6, 6.07) is 0. The van der Waals surface area contributed by atoms with Crippen molar-refractivity contribution in [2.45, 2.75) is 52.7 Å². The topological polar surface area (TPSA) is 55.8 Å². The smallest absolute Gasteiger partial charge is 0.302 e. The molecule has 0 aliphatic heterocycles. The lowest BCUT2D eigenvalue weighted by atomic mass is 10.3. The molecule has 0 saturated carbocycles. The average Bonchev–Trinajstić information content (AvgIpc) is 2.02. The van der Waals surface area contributed by atoms with Gasteiger partial charge in [0.05, 0.1) is 12.2 Å². The maximum absolute atomic E-state index is 11.3. The highest BCUT2D eigenvalue weighted by Crippen LogP contribution is 2.46. The fourth-order valence-corrected chi connectivity index (χ4v) is 1.89. The second-order valence-electron chi connectivity index (χ2n) is 3.12. The van der Waals surface area contributed by atoms with Crippen LogP contribution in [0, 0.1) is 0 Å². The molecular weight excluding hydrogens is 191 g/mol. The summed E-state index contributed by atoms with van der Waals surface area (Å²) >= 11 is 0. The molecule has 80 valence electrons. The van der Waals surface area contributed by atoms with Crippen LogP contribution in [-0.4, -0.2) is 17.1 Å². The van der Waals surface area contributed by atoms with Gasteiger partial charge in [-0.15, -0.1) is 0 Å². The molecule has 0 aliphatic carbocycles. The van der Waals surface area contributed by atoms with Crippen molar-refractivity contribution in [1.82, 2.24) is 0 Å². The second-order valence-corrected chi connectivity index (χ2v) is 4.48. The first-order valence-corrected chi connectivity index (χ1v) is 6.10.